The summed E-state index contributed by atoms with van der Waals surface area (Å²) in [5.41, 5.74) is 1.44. The lowest BCUT2D eigenvalue weighted by Gasteiger charge is -2.35. The minimum absolute atomic E-state index is 0.137. The number of anilines is 2. The quantitative estimate of drug-likeness (QED) is 0.161. The second-order valence-corrected chi connectivity index (χ2v) is 21.4. The summed E-state index contributed by atoms with van der Waals surface area (Å²) < 4.78 is 34.3. The SMILES string of the molecule is C=CC(=CC=CC1CCC(c2ccc(NC(=O)C3CCCN3C(=O)C(NC(=O)OC)C(C)(C)C)cc2)N1c1ccc(S(C)(=O)=O)cc1)NC(=O)C1CCCN1C(=O)C(NC(=O)OC)C(C)(C)C. The number of benzene rings is 2. The maximum absolute atomic E-state index is 13.7. The minimum atomic E-state index is -3.44. The zero-order valence-electron chi connectivity index (χ0n) is 40.1. The van der Waals surface area contributed by atoms with Crippen LogP contribution in [0.4, 0.5) is 21.0 Å². The highest BCUT2D eigenvalue weighted by molar-refractivity contribution is 7.90. The molecule has 0 spiro atoms. The summed E-state index contributed by atoms with van der Waals surface area (Å²) in [6, 6.07) is 10.7. The van der Waals surface area contributed by atoms with Gasteiger partial charge in [0, 0.05) is 42.5 Å². The van der Waals surface area contributed by atoms with Crippen molar-refractivity contribution in [2.45, 2.75) is 121 Å². The second kappa shape index (κ2) is 21.6. The molecule has 18 heteroatoms. The smallest absolute Gasteiger partial charge is 0.407 e. The second-order valence-electron chi connectivity index (χ2n) is 19.4. The molecule has 17 nitrogen and oxygen atoms in total. The third-order valence-corrected chi connectivity index (χ3v) is 13.6. The van der Waals surface area contributed by atoms with Crippen molar-refractivity contribution in [3.63, 3.8) is 0 Å². The number of sulfone groups is 1. The molecule has 3 heterocycles. The summed E-state index contributed by atoms with van der Waals surface area (Å²) in [6.07, 6.45) is 10.4. The third kappa shape index (κ3) is 12.8. The minimum Gasteiger partial charge on any atom is -0.453 e. The van der Waals surface area contributed by atoms with Crippen molar-refractivity contribution in [1.82, 2.24) is 25.8 Å². The van der Waals surface area contributed by atoms with Crippen LogP contribution in [0.15, 0.2) is 90.0 Å². The molecule has 3 aliphatic heterocycles. The average molecular weight is 946 g/mol. The predicted octanol–water partition coefficient (Wildman–Crippen LogP) is 6.00. The zero-order chi connectivity index (χ0) is 49.4. The van der Waals surface area contributed by atoms with Gasteiger partial charge in [-0.2, -0.15) is 0 Å². The van der Waals surface area contributed by atoms with Crippen LogP contribution in [0.25, 0.3) is 0 Å². The Hall–Kier alpha value is -6.17. The van der Waals surface area contributed by atoms with Gasteiger partial charge in [0.05, 0.1) is 25.2 Å². The Labute approximate surface area is 394 Å². The van der Waals surface area contributed by atoms with Gasteiger partial charge in [-0.05, 0) is 103 Å². The van der Waals surface area contributed by atoms with Crippen LogP contribution in [-0.4, -0.2) is 118 Å². The first-order chi connectivity index (χ1) is 31.5. The first kappa shape index (κ1) is 51.8. The molecule has 0 aromatic heterocycles. The molecule has 3 saturated heterocycles. The fourth-order valence-electron chi connectivity index (χ4n) is 8.87. The molecular weight excluding hydrogens is 879 g/mol. The monoisotopic (exact) mass is 945 g/mol. The molecule has 6 amide bonds. The fourth-order valence-corrected chi connectivity index (χ4v) is 9.50. The van der Waals surface area contributed by atoms with E-state index in [4.69, 9.17) is 9.47 Å². The van der Waals surface area contributed by atoms with Crippen LogP contribution in [-0.2, 0) is 38.5 Å². The lowest BCUT2D eigenvalue weighted by molar-refractivity contribution is -0.141. The van der Waals surface area contributed by atoms with Gasteiger partial charge in [0.25, 0.3) is 0 Å². The van der Waals surface area contributed by atoms with Crippen LogP contribution >= 0.6 is 0 Å². The van der Waals surface area contributed by atoms with E-state index in [1.807, 2.05) is 78.0 Å². The van der Waals surface area contributed by atoms with E-state index >= 15 is 0 Å². The highest BCUT2D eigenvalue weighted by Gasteiger charge is 2.44. The highest BCUT2D eigenvalue weighted by atomic mass is 32.2. The van der Waals surface area contributed by atoms with Crippen LogP contribution < -0.4 is 26.2 Å². The molecular formula is C49H67N7O10S. The Morgan fingerprint density at radius 2 is 1.24 bits per heavy atom. The number of nitrogens with one attached hydrogen (secondary N) is 4. The van der Waals surface area contributed by atoms with E-state index in [1.54, 1.807) is 30.3 Å². The van der Waals surface area contributed by atoms with E-state index in [9.17, 15) is 37.2 Å². The van der Waals surface area contributed by atoms with Crippen LogP contribution in [0.2, 0.25) is 0 Å². The van der Waals surface area contributed by atoms with Crippen LogP contribution in [0, 0.1) is 10.8 Å². The number of allylic oxidation sites excluding steroid dienone is 3. The fraction of sp³-hybridized carbons (Fsp3) is 0.510. The van der Waals surface area contributed by atoms with Gasteiger partial charge in [-0.25, -0.2) is 18.0 Å². The van der Waals surface area contributed by atoms with E-state index in [0.29, 0.717) is 50.2 Å². The number of rotatable bonds is 14. The molecule has 67 heavy (non-hydrogen) atoms. The average Bonchev–Trinajstić information content (AvgIpc) is 4.07. The number of carbonyl (C=O) groups is 6. The topological polar surface area (TPSA) is 213 Å². The molecule has 0 aliphatic carbocycles. The normalized spacial score (nSPS) is 21.1. The lowest BCUT2D eigenvalue weighted by atomic mass is 9.85. The van der Waals surface area contributed by atoms with E-state index in [2.05, 4.69) is 32.7 Å². The standard InChI is InChI=1S/C49H67N7O10S/c1-11-32(50-42(57)38-17-13-29-54(38)44(59)40(48(2,3)4)52-46(61)65-8)15-12-16-34-25-28-37(56(34)35-23-26-36(27-24-35)67(10,63)64)31-19-21-33(22-20-31)51-43(58)39-18-14-30-55(39)45(60)41(49(5,6)7)53-47(62)66-9/h11-12,15-16,19-24,26-27,34,37-41H,1,13-14,17-18,25,28-30H2,2-10H3,(H,50,57)(H,51,58)(H,52,61)(H,53,62). The van der Waals surface area contributed by atoms with Crippen LogP contribution in [0.3, 0.4) is 0 Å². The first-order valence-electron chi connectivity index (χ1n) is 22.6. The van der Waals surface area contributed by atoms with Gasteiger partial charge in [0.15, 0.2) is 9.84 Å². The maximum Gasteiger partial charge on any atom is 0.407 e. The Bertz CT molecular complexity index is 2340. The Kier molecular flexibility index (Phi) is 16.7. The number of ether oxygens (including phenoxy) is 2. The van der Waals surface area contributed by atoms with Crippen molar-refractivity contribution < 1.29 is 46.7 Å². The number of carbonyl (C=O) groups excluding carboxylic acids is 6. The Morgan fingerprint density at radius 3 is 1.70 bits per heavy atom. The van der Waals surface area contributed by atoms with Gasteiger partial charge in [-0.15, -0.1) is 0 Å². The molecule has 5 rings (SSSR count). The van der Waals surface area contributed by atoms with Crippen LogP contribution in [0.1, 0.15) is 91.7 Å². The molecule has 6 unspecified atom stereocenters. The van der Waals surface area contributed by atoms with Crippen molar-refractivity contribution in [3.8, 4) is 0 Å². The molecule has 0 bridgehead atoms. The maximum atomic E-state index is 13.7. The summed E-state index contributed by atoms with van der Waals surface area (Å²) in [5.74, 6) is -1.43. The van der Waals surface area contributed by atoms with Crippen molar-refractivity contribution in [2.75, 3.05) is 43.8 Å². The number of methoxy groups -OCH3 is 2. The van der Waals surface area contributed by atoms with Crippen molar-refractivity contribution >= 4 is 57.0 Å². The molecule has 2 aromatic rings. The van der Waals surface area contributed by atoms with E-state index in [-0.39, 0.29) is 40.6 Å². The first-order valence-corrected chi connectivity index (χ1v) is 24.5. The van der Waals surface area contributed by atoms with E-state index in [0.717, 1.165) is 30.3 Å². The van der Waals surface area contributed by atoms with Crippen molar-refractivity contribution in [1.29, 1.82) is 0 Å². The number of hydrogen-bond acceptors (Lipinski definition) is 11. The van der Waals surface area contributed by atoms with Gasteiger partial charge in [0.2, 0.25) is 23.6 Å². The summed E-state index contributed by atoms with van der Waals surface area (Å²) in [7, 11) is -0.985. The highest BCUT2D eigenvalue weighted by Crippen LogP contribution is 2.41. The molecule has 2 aromatic carbocycles. The number of nitrogens with zero attached hydrogens (tertiary/aromatic N) is 3. The summed E-state index contributed by atoms with van der Waals surface area (Å²) in [6.45, 7) is 15.6. The number of amides is 6. The molecule has 3 fully saturated rings. The number of likely N-dealkylation sites (tertiary alicyclic amines) is 2. The van der Waals surface area contributed by atoms with Gasteiger partial charge < -0.3 is 45.4 Å². The van der Waals surface area contributed by atoms with Crippen LogP contribution in [0.5, 0.6) is 0 Å². The largest absolute Gasteiger partial charge is 0.453 e. The molecule has 0 radical (unpaired) electrons. The Morgan fingerprint density at radius 1 is 0.731 bits per heavy atom. The van der Waals surface area contributed by atoms with Crippen molar-refractivity contribution in [3.05, 3.63) is 90.7 Å². The van der Waals surface area contributed by atoms with Crippen molar-refractivity contribution in [2.24, 2.45) is 10.8 Å². The van der Waals surface area contributed by atoms with Gasteiger partial charge in [-0.3, -0.25) is 19.2 Å². The molecule has 3 aliphatic rings. The summed E-state index contributed by atoms with van der Waals surface area (Å²) >= 11 is 0. The Balaban J connectivity index is 1.32. The zero-order valence-corrected chi connectivity index (χ0v) is 40.9. The molecule has 4 N–H and O–H groups in total. The van der Waals surface area contributed by atoms with E-state index in [1.165, 1.54) is 30.1 Å². The molecule has 6 atom stereocenters. The summed E-state index contributed by atoms with van der Waals surface area (Å²) in [4.78, 5) is 84.6. The number of hydrogen-bond donors (Lipinski definition) is 4. The predicted molar refractivity (Wildman–Crippen MR) is 255 cm³/mol. The lowest BCUT2D eigenvalue weighted by Crippen LogP contribution is -2.57. The van der Waals surface area contributed by atoms with Gasteiger partial charge >= 0.3 is 12.2 Å². The number of alkyl carbamates (subject to hydrolysis) is 2. The van der Waals surface area contributed by atoms with E-state index < -0.39 is 57.0 Å². The van der Waals surface area contributed by atoms with Gasteiger partial charge in [0.1, 0.15) is 24.2 Å². The third-order valence-electron chi connectivity index (χ3n) is 12.4. The molecule has 364 valence electrons. The van der Waals surface area contributed by atoms with Gasteiger partial charge in [-0.1, -0.05) is 72.4 Å². The molecule has 0 saturated carbocycles. The summed E-state index contributed by atoms with van der Waals surface area (Å²) in [5, 5.41) is 11.2.